The van der Waals surface area contributed by atoms with Crippen LogP contribution in [0, 0.1) is 5.92 Å². The topological polar surface area (TPSA) is 84.2 Å². The van der Waals surface area contributed by atoms with Crippen molar-refractivity contribution in [2.45, 2.75) is 25.3 Å². The molecule has 6 heteroatoms. The lowest BCUT2D eigenvalue weighted by molar-refractivity contribution is 0.372. The van der Waals surface area contributed by atoms with E-state index in [0.29, 0.717) is 12.5 Å². The quantitative estimate of drug-likeness (QED) is 0.550. The summed E-state index contributed by atoms with van der Waals surface area (Å²) in [6.45, 7) is 2.18. The number of nitrogens with one attached hydrogen (secondary N) is 2. The van der Waals surface area contributed by atoms with Gasteiger partial charge in [0.25, 0.3) is 10.2 Å². The molecule has 13 heavy (non-hydrogen) atoms. The Morgan fingerprint density at radius 1 is 1.54 bits per heavy atom. The summed E-state index contributed by atoms with van der Waals surface area (Å²) in [5.41, 5.74) is 5.07. The Morgan fingerprint density at radius 3 is 2.38 bits per heavy atom. The first-order valence-electron chi connectivity index (χ1n) is 4.36. The van der Waals surface area contributed by atoms with Crippen LogP contribution in [0.5, 0.6) is 0 Å². The van der Waals surface area contributed by atoms with Gasteiger partial charge in [-0.1, -0.05) is 0 Å². The summed E-state index contributed by atoms with van der Waals surface area (Å²) < 4.78 is 27.2. The number of nitrogens with two attached hydrogens (primary N) is 1. The van der Waals surface area contributed by atoms with Crippen molar-refractivity contribution in [1.29, 1.82) is 0 Å². The summed E-state index contributed by atoms with van der Waals surface area (Å²) in [5.74, 6) is 0.389. The largest absolute Gasteiger partial charge is 0.329 e. The molecule has 1 unspecified atom stereocenters. The van der Waals surface area contributed by atoms with Crippen LogP contribution in [-0.4, -0.2) is 27.5 Å². The maximum absolute atomic E-state index is 11.2. The number of hydrogen-bond donors (Lipinski definition) is 3. The first-order chi connectivity index (χ1) is 5.93. The molecule has 0 bridgehead atoms. The maximum Gasteiger partial charge on any atom is 0.277 e. The van der Waals surface area contributed by atoms with Gasteiger partial charge in [0, 0.05) is 19.1 Å². The van der Waals surface area contributed by atoms with Crippen LogP contribution in [0.1, 0.15) is 19.8 Å². The highest BCUT2D eigenvalue weighted by atomic mass is 32.2. The minimum absolute atomic E-state index is 0.332. The van der Waals surface area contributed by atoms with Crippen molar-refractivity contribution >= 4 is 10.2 Å². The van der Waals surface area contributed by atoms with Crippen molar-refractivity contribution in [3.63, 3.8) is 0 Å². The Hall–Kier alpha value is -0.170. The van der Waals surface area contributed by atoms with Crippen molar-refractivity contribution in [1.82, 2.24) is 9.44 Å². The second-order valence-electron chi connectivity index (χ2n) is 3.71. The molecule has 1 aliphatic carbocycles. The minimum Gasteiger partial charge on any atom is -0.329 e. The second-order valence-corrected chi connectivity index (χ2v) is 5.32. The van der Waals surface area contributed by atoms with E-state index in [1.54, 1.807) is 0 Å². The standard InChI is InChI=1S/C7H17N3O2S/c1-7(5-8,6-3-4-6)10-13(11,12)9-2/h6,9-10H,3-5,8H2,1-2H3. The van der Waals surface area contributed by atoms with Crippen LogP contribution in [0.3, 0.4) is 0 Å². The second kappa shape index (κ2) is 3.53. The van der Waals surface area contributed by atoms with Gasteiger partial charge in [-0.3, -0.25) is 0 Å². The molecule has 0 amide bonds. The van der Waals surface area contributed by atoms with Gasteiger partial charge in [0.2, 0.25) is 0 Å². The molecular formula is C7H17N3O2S. The molecule has 0 radical (unpaired) electrons. The zero-order valence-corrected chi connectivity index (χ0v) is 8.82. The SMILES string of the molecule is CNS(=O)(=O)NC(C)(CN)C1CC1. The molecule has 0 aliphatic heterocycles. The molecule has 0 spiro atoms. The molecule has 1 saturated carbocycles. The van der Waals surface area contributed by atoms with Gasteiger partial charge in [-0.2, -0.15) is 13.1 Å². The summed E-state index contributed by atoms with van der Waals surface area (Å²) in [6, 6.07) is 0. The van der Waals surface area contributed by atoms with Crippen molar-refractivity contribution in [2.24, 2.45) is 11.7 Å². The normalized spacial score (nSPS) is 22.7. The molecule has 1 atom stereocenters. The van der Waals surface area contributed by atoms with Gasteiger partial charge < -0.3 is 5.73 Å². The Kier molecular flexibility index (Phi) is 2.96. The van der Waals surface area contributed by atoms with Crippen LogP contribution in [0.25, 0.3) is 0 Å². The van der Waals surface area contributed by atoms with Gasteiger partial charge in [0.15, 0.2) is 0 Å². The Morgan fingerprint density at radius 2 is 2.08 bits per heavy atom. The van der Waals surface area contributed by atoms with E-state index in [4.69, 9.17) is 5.73 Å². The first kappa shape index (κ1) is 10.9. The molecule has 0 aromatic rings. The van der Waals surface area contributed by atoms with Crippen LogP contribution in [0.15, 0.2) is 0 Å². The fourth-order valence-electron chi connectivity index (χ4n) is 1.37. The molecule has 1 rings (SSSR count). The average Bonchev–Trinajstić information content (AvgIpc) is 2.86. The lowest BCUT2D eigenvalue weighted by atomic mass is 9.98. The molecule has 4 N–H and O–H groups in total. The highest BCUT2D eigenvalue weighted by Crippen LogP contribution is 2.39. The van der Waals surface area contributed by atoms with Crippen LogP contribution in [0.4, 0.5) is 0 Å². The van der Waals surface area contributed by atoms with Crippen LogP contribution < -0.4 is 15.2 Å². The molecule has 1 fully saturated rings. The predicted molar refractivity (Wildman–Crippen MR) is 51.3 cm³/mol. The third kappa shape index (κ3) is 2.63. The van der Waals surface area contributed by atoms with E-state index in [9.17, 15) is 8.42 Å². The van der Waals surface area contributed by atoms with Crippen molar-refractivity contribution in [2.75, 3.05) is 13.6 Å². The smallest absolute Gasteiger partial charge is 0.277 e. The van der Waals surface area contributed by atoms with Gasteiger partial charge in [-0.15, -0.1) is 0 Å². The van der Waals surface area contributed by atoms with Crippen molar-refractivity contribution < 1.29 is 8.42 Å². The van der Waals surface area contributed by atoms with Gasteiger partial charge in [-0.05, 0) is 25.7 Å². The molecule has 78 valence electrons. The zero-order valence-electron chi connectivity index (χ0n) is 8.00. The van der Waals surface area contributed by atoms with Gasteiger partial charge in [0.05, 0.1) is 0 Å². The zero-order chi connectivity index (χ0) is 10.1. The molecule has 0 heterocycles. The number of rotatable bonds is 5. The lowest BCUT2D eigenvalue weighted by Crippen LogP contribution is -2.55. The average molecular weight is 207 g/mol. The van der Waals surface area contributed by atoms with E-state index < -0.39 is 15.7 Å². The van der Waals surface area contributed by atoms with Gasteiger partial charge in [0.1, 0.15) is 0 Å². The number of hydrogen-bond acceptors (Lipinski definition) is 3. The van der Waals surface area contributed by atoms with E-state index in [2.05, 4.69) is 9.44 Å². The summed E-state index contributed by atoms with van der Waals surface area (Å²) >= 11 is 0. The van der Waals surface area contributed by atoms with E-state index in [0.717, 1.165) is 12.8 Å². The highest BCUT2D eigenvalue weighted by Gasteiger charge is 2.42. The Balaban J connectivity index is 2.68. The molecule has 1 aliphatic rings. The Bertz CT molecular complexity index is 273. The highest BCUT2D eigenvalue weighted by molar-refractivity contribution is 7.87. The molecule has 0 saturated heterocycles. The third-order valence-corrected chi connectivity index (χ3v) is 3.81. The minimum atomic E-state index is -3.37. The van der Waals surface area contributed by atoms with Gasteiger partial charge >= 0.3 is 0 Å². The van der Waals surface area contributed by atoms with Crippen LogP contribution >= 0.6 is 0 Å². The van der Waals surface area contributed by atoms with Crippen LogP contribution in [-0.2, 0) is 10.2 Å². The van der Waals surface area contributed by atoms with Crippen molar-refractivity contribution in [3.05, 3.63) is 0 Å². The summed E-state index contributed by atoms with van der Waals surface area (Å²) in [5, 5.41) is 0. The van der Waals surface area contributed by atoms with E-state index >= 15 is 0 Å². The Labute approximate surface area is 79.3 Å². The molecule has 0 aromatic heterocycles. The maximum atomic E-state index is 11.2. The van der Waals surface area contributed by atoms with E-state index in [1.807, 2.05) is 6.92 Å². The monoisotopic (exact) mass is 207 g/mol. The van der Waals surface area contributed by atoms with Crippen LogP contribution in [0.2, 0.25) is 0 Å². The van der Waals surface area contributed by atoms with Gasteiger partial charge in [-0.25, -0.2) is 4.72 Å². The van der Waals surface area contributed by atoms with Crippen molar-refractivity contribution in [3.8, 4) is 0 Å². The fraction of sp³-hybridized carbons (Fsp3) is 1.00. The molecule has 5 nitrogen and oxygen atoms in total. The summed E-state index contributed by atoms with van der Waals surface area (Å²) in [7, 11) is -1.99. The third-order valence-electron chi connectivity index (χ3n) is 2.54. The molecular weight excluding hydrogens is 190 g/mol. The predicted octanol–water partition coefficient (Wildman–Crippen LogP) is -0.832. The van der Waals surface area contributed by atoms with E-state index in [1.165, 1.54) is 7.05 Å². The summed E-state index contributed by atoms with van der Waals surface area (Å²) in [4.78, 5) is 0. The lowest BCUT2D eigenvalue weighted by Gasteiger charge is -2.28. The molecule has 0 aromatic carbocycles. The fourth-order valence-corrected chi connectivity index (χ4v) is 2.34. The summed E-state index contributed by atoms with van der Waals surface area (Å²) in [6.07, 6.45) is 2.11. The first-order valence-corrected chi connectivity index (χ1v) is 5.84. The van der Waals surface area contributed by atoms with E-state index in [-0.39, 0.29) is 0 Å².